The van der Waals surface area contributed by atoms with Gasteiger partial charge in [-0.15, -0.1) is 0 Å². The van der Waals surface area contributed by atoms with Crippen LogP contribution in [0.15, 0.2) is 18.3 Å². The number of amides is 1. The average molecular weight is 277 g/mol. The molecular weight excluding hydrogens is 258 g/mol. The summed E-state index contributed by atoms with van der Waals surface area (Å²) in [6.45, 7) is 1.68. The second-order valence-corrected chi connectivity index (χ2v) is 5.54. The third kappa shape index (κ3) is 2.74. The Morgan fingerprint density at radius 2 is 2.10 bits per heavy atom. The van der Waals surface area contributed by atoms with Crippen LogP contribution in [-0.4, -0.2) is 46.5 Å². The fourth-order valence-corrected chi connectivity index (χ4v) is 2.15. The maximum atomic E-state index is 11.9. The summed E-state index contributed by atoms with van der Waals surface area (Å²) in [4.78, 5) is 28.8. The van der Waals surface area contributed by atoms with Gasteiger partial charge in [-0.25, -0.2) is 4.79 Å². The Balaban J connectivity index is 2.23. The van der Waals surface area contributed by atoms with Crippen LogP contribution in [0.25, 0.3) is 0 Å². The molecule has 20 heavy (non-hydrogen) atoms. The van der Waals surface area contributed by atoms with E-state index in [1.807, 2.05) is 0 Å². The van der Waals surface area contributed by atoms with Gasteiger partial charge in [-0.05, 0) is 37.8 Å². The molecule has 2 N–H and O–H groups in total. The number of pyridine rings is 1. The predicted octanol–water partition coefficient (Wildman–Crippen LogP) is 1.45. The first-order chi connectivity index (χ1) is 9.34. The van der Waals surface area contributed by atoms with Crippen LogP contribution in [0.1, 0.15) is 30.3 Å². The molecule has 0 saturated heterocycles. The van der Waals surface area contributed by atoms with E-state index in [1.165, 1.54) is 11.1 Å². The van der Waals surface area contributed by atoms with Crippen molar-refractivity contribution in [2.45, 2.75) is 25.3 Å². The highest BCUT2D eigenvalue weighted by atomic mass is 16.4. The molecule has 1 aliphatic rings. The normalized spacial score (nSPS) is 17.1. The standard InChI is InChI=1S/C14H19N3O3/c1-14(13(19)20,9-4-5-9)16-10-6-7-15-11(8-10)12(18)17(2)3/h6-9H,4-5H2,1-3H3,(H,15,16)(H,19,20). The van der Waals surface area contributed by atoms with Gasteiger partial charge in [0.1, 0.15) is 11.2 Å². The second kappa shape index (κ2) is 5.11. The fourth-order valence-electron chi connectivity index (χ4n) is 2.15. The molecule has 2 rings (SSSR count). The number of carbonyl (C=O) groups excluding carboxylic acids is 1. The molecular formula is C14H19N3O3. The first-order valence-electron chi connectivity index (χ1n) is 6.54. The van der Waals surface area contributed by atoms with Gasteiger partial charge in [-0.3, -0.25) is 9.78 Å². The highest BCUT2D eigenvalue weighted by molar-refractivity contribution is 5.93. The number of hydrogen-bond acceptors (Lipinski definition) is 4. The van der Waals surface area contributed by atoms with Gasteiger partial charge < -0.3 is 15.3 Å². The minimum absolute atomic E-state index is 0.126. The summed E-state index contributed by atoms with van der Waals surface area (Å²) in [5, 5.41) is 12.5. The summed E-state index contributed by atoms with van der Waals surface area (Å²) in [6.07, 6.45) is 3.32. The van der Waals surface area contributed by atoms with Crippen LogP contribution in [0.3, 0.4) is 0 Å². The molecule has 1 aromatic heterocycles. The van der Waals surface area contributed by atoms with Crippen molar-refractivity contribution in [1.82, 2.24) is 9.88 Å². The Hall–Kier alpha value is -2.11. The van der Waals surface area contributed by atoms with Crippen LogP contribution >= 0.6 is 0 Å². The summed E-state index contributed by atoms with van der Waals surface area (Å²) in [6, 6.07) is 3.27. The van der Waals surface area contributed by atoms with E-state index in [1.54, 1.807) is 33.2 Å². The number of anilines is 1. The lowest BCUT2D eigenvalue weighted by Gasteiger charge is -2.27. The van der Waals surface area contributed by atoms with E-state index in [4.69, 9.17) is 0 Å². The molecule has 0 aromatic carbocycles. The third-order valence-corrected chi connectivity index (χ3v) is 3.63. The number of aliphatic carboxylic acids is 1. The lowest BCUT2D eigenvalue weighted by molar-refractivity contribution is -0.142. The van der Waals surface area contributed by atoms with Gasteiger partial charge in [-0.1, -0.05) is 0 Å². The van der Waals surface area contributed by atoms with Crippen LogP contribution < -0.4 is 5.32 Å². The molecule has 1 heterocycles. The Labute approximate surface area is 117 Å². The molecule has 0 aliphatic heterocycles. The summed E-state index contributed by atoms with van der Waals surface area (Å²) >= 11 is 0. The van der Waals surface area contributed by atoms with E-state index < -0.39 is 11.5 Å². The first-order valence-corrected chi connectivity index (χ1v) is 6.54. The zero-order chi connectivity index (χ0) is 14.9. The van der Waals surface area contributed by atoms with Crippen molar-refractivity contribution in [3.63, 3.8) is 0 Å². The van der Waals surface area contributed by atoms with Gasteiger partial charge >= 0.3 is 5.97 Å². The summed E-state index contributed by atoms with van der Waals surface area (Å²) in [7, 11) is 3.30. The van der Waals surface area contributed by atoms with E-state index in [0.29, 0.717) is 11.4 Å². The molecule has 0 bridgehead atoms. The van der Waals surface area contributed by atoms with Crippen molar-refractivity contribution in [3.05, 3.63) is 24.0 Å². The number of nitrogens with one attached hydrogen (secondary N) is 1. The van der Waals surface area contributed by atoms with E-state index >= 15 is 0 Å². The number of nitrogens with zero attached hydrogens (tertiary/aromatic N) is 2. The zero-order valence-corrected chi connectivity index (χ0v) is 11.9. The molecule has 1 amide bonds. The summed E-state index contributed by atoms with van der Waals surface area (Å²) in [5.74, 6) is -0.962. The highest BCUT2D eigenvalue weighted by Gasteiger charge is 2.47. The third-order valence-electron chi connectivity index (χ3n) is 3.63. The van der Waals surface area contributed by atoms with Crippen molar-refractivity contribution >= 4 is 17.6 Å². The van der Waals surface area contributed by atoms with Gasteiger partial charge in [0.2, 0.25) is 0 Å². The SMILES string of the molecule is CN(C)C(=O)c1cc(NC(C)(C(=O)O)C2CC2)ccn1. The van der Waals surface area contributed by atoms with Gasteiger partial charge in [0.15, 0.2) is 0 Å². The Bertz CT molecular complexity index is 540. The minimum atomic E-state index is -1.00. The van der Waals surface area contributed by atoms with Gasteiger partial charge in [0.25, 0.3) is 5.91 Å². The van der Waals surface area contributed by atoms with Crippen LogP contribution in [0.4, 0.5) is 5.69 Å². The van der Waals surface area contributed by atoms with Crippen molar-refractivity contribution in [1.29, 1.82) is 0 Å². The molecule has 108 valence electrons. The second-order valence-electron chi connectivity index (χ2n) is 5.54. The predicted molar refractivity (Wildman–Crippen MR) is 74.6 cm³/mol. The lowest BCUT2D eigenvalue weighted by Crippen LogP contribution is -2.45. The number of aromatic nitrogens is 1. The first kappa shape index (κ1) is 14.3. The van der Waals surface area contributed by atoms with Crippen LogP contribution in [0, 0.1) is 5.92 Å². The zero-order valence-electron chi connectivity index (χ0n) is 11.9. The molecule has 6 nitrogen and oxygen atoms in total. The number of hydrogen-bond donors (Lipinski definition) is 2. The van der Waals surface area contributed by atoms with Gasteiger partial charge in [0, 0.05) is 26.0 Å². The van der Waals surface area contributed by atoms with Crippen molar-refractivity contribution in [2.24, 2.45) is 5.92 Å². The van der Waals surface area contributed by atoms with E-state index in [9.17, 15) is 14.7 Å². The van der Waals surface area contributed by atoms with E-state index in [-0.39, 0.29) is 11.8 Å². The highest BCUT2D eigenvalue weighted by Crippen LogP contribution is 2.41. The summed E-state index contributed by atoms with van der Waals surface area (Å²) in [5.41, 5.74) is -0.106. The van der Waals surface area contributed by atoms with E-state index in [0.717, 1.165) is 12.8 Å². The van der Waals surface area contributed by atoms with Crippen LogP contribution in [0.5, 0.6) is 0 Å². The van der Waals surface area contributed by atoms with Gasteiger partial charge in [-0.2, -0.15) is 0 Å². The number of rotatable bonds is 5. The molecule has 1 atom stereocenters. The summed E-state index contributed by atoms with van der Waals surface area (Å²) < 4.78 is 0. The average Bonchev–Trinajstić information content (AvgIpc) is 3.22. The largest absolute Gasteiger partial charge is 0.480 e. The molecule has 1 saturated carbocycles. The molecule has 1 fully saturated rings. The van der Waals surface area contributed by atoms with Crippen molar-refractivity contribution in [2.75, 3.05) is 19.4 Å². The van der Waals surface area contributed by atoms with Crippen LogP contribution in [0.2, 0.25) is 0 Å². The maximum absolute atomic E-state index is 11.9. The smallest absolute Gasteiger partial charge is 0.329 e. The van der Waals surface area contributed by atoms with Gasteiger partial charge in [0.05, 0.1) is 0 Å². The number of carboxylic acid groups (broad SMARTS) is 1. The fraction of sp³-hybridized carbons (Fsp3) is 0.500. The Morgan fingerprint density at radius 1 is 1.45 bits per heavy atom. The molecule has 1 aromatic rings. The molecule has 1 unspecified atom stereocenters. The topological polar surface area (TPSA) is 82.5 Å². The quantitative estimate of drug-likeness (QED) is 0.851. The van der Waals surface area contributed by atoms with Crippen molar-refractivity contribution in [3.8, 4) is 0 Å². The number of carbonyl (C=O) groups is 2. The minimum Gasteiger partial charge on any atom is -0.480 e. The van der Waals surface area contributed by atoms with Crippen LogP contribution in [-0.2, 0) is 4.79 Å². The molecule has 6 heteroatoms. The molecule has 0 radical (unpaired) electrons. The lowest BCUT2D eigenvalue weighted by atomic mass is 9.95. The Kier molecular flexibility index (Phi) is 3.65. The van der Waals surface area contributed by atoms with E-state index in [2.05, 4.69) is 10.3 Å². The van der Waals surface area contributed by atoms with Crippen molar-refractivity contribution < 1.29 is 14.7 Å². The molecule has 1 aliphatic carbocycles. The molecule has 0 spiro atoms. The maximum Gasteiger partial charge on any atom is 0.329 e. The monoisotopic (exact) mass is 277 g/mol. The Morgan fingerprint density at radius 3 is 2.60 bits per heavy atom. The number of carboxylic acids is 1.